The number of aromatic nitrogens is 3. The van der Waals surface area contributed by atoms with E-state index >= 15 is 0 Å². The fourth-order valence-electron chi connectivity index (χ4n) is 2.91. The quantitative estimate of drug-likeness (QED) is 0.336. The summed E-state index contributed by atoms with van der Waals surface area (Å²) < 4.78 is 6.44. The number of ether oxygens (including phenoxy) is 1. The number of methoxy groups -OCH3 is 1. The largest absolute Gasteiger partial charge is 0.469 e. The summed E-state index contributed by atoms with van der Waals surface area (Å²) in [5, 5.41) is 7.47. The van der Waals surface area contributed by atoms with E-state index in [0.717, 1.165) is 22.4 Å². The Morgan fingerprint density at radius 2 is 2.00 bits per heavy atom. The van der Waals surface area contributed by atoms with E-state index in [-0.39, 0.29) is 18.3 Å². The lowest BCUT2D eigenvalue weighted by molar-refractivity contribution is -0.140. The molecule has 0 atom stereocenters. The topological polar surface area (TPSA) is 86.1 Å². The molecule has 3 rings (SSSR count). The number of hydrogen-bond donors (Lipinski definition) is 1. The minimum atomic E-state index is -0.285. The molecule has 0 unspecified atom stereocenters. The Morgan fingerprint density at radius 1 is 1.17 bits per heavy atom. The van der Waals surface area contributed by atoms with Crippen molar-refractivity contribution in [3.8, 4) is 11.3 Å². The molecule has 7 nitrogen and oxygen atoms in total. The Balaban J connectivity index is 1.71. The molecule has 2 heterocycles. The summed E-state index contributed by atoms with van der Waals surface area (Å²) in [6.45, 7) is 1.03. The maximum absolute atomic E-state index is 12.1. The molecule has 2 aromatic heterocycles. The number of amides is 1. The maximum atomic E-state index is 12.1. The van der Waals surface area contributed by atoms with Gasteiger partial charge in [0, 0.05) is 48.8 Å². The molecule has 0 fully saturated rings. The van der Waals surface area contributed by atoms with Crippen LogP contribution in [-0.4, -0.2) is 40.3 Å². The second kappa shape index (κ2) is 10.7. The first-order valence-corrected chi connectivity index (χ1v) is 9.70. The molecule has 1 N–H and O–H groups in total. The van der Waals surface area contributed by atoms with Crippen LogP contribution in [0.5, 0.6) is 0 Å². The van der Waals surface area contributed by atoms with Crippen LogP contribution in [0.25, 0.3) is 17.3 Å². The summed E-state index contributed by atoms with van der Waals surface area (Å²) in [7, 11) is 1.35. The van der Waals surface area contributed by atoms with Crippen molar-refractivity contribution in [1.82, 2.24) is 20.1 Å². The predicted octanol–water partition coefficient (Wildman–Crippen LogP) is 3.08. The second-order valence-corrected chi connectivity index (χ2v) is 6.66. The third-order valence-electron chi connectivity index (χ3n) is 4.41. The summed E-state index contributed by atoms with van der Waals surface area (Å²) in [4.78, 5) is 27.4. The van der Waals surface area contributed by atoms with Crippen LogP contribution in [-0.2, 0) is 20.9 Å². The molecule has 1 amide bonds. The minimum absolute atomic E-state index is 0.229. The number of nitrogens with zero attached hydrogens (tertiary/aromatic N) is 3. The van der Waals surface area contributed by atoms with Crippen LogP contribution in [0.3, 0.4) is 0 Å². The van der Waals surface area contributed by atoms with E-state index < -0.39 is 0 Å². The number of pyridine rings is 1. The standard InChI is InChI=1S/C23H24N4O3/c1-30-22(29)10-6-14-25-21(28)12-11-20-17-27(16-18-7-3-2-4-8-18)26-23(20)19-9-5-13-24-15-19/h2-5,7-9,11-13,15,17H,6,10,14,16H2,1H3,(H,25,28)/b12-11+. The maximum Gasteiger partial charge on any atom is 0.305 e. The van der Waals surface area contributed by atoms with Crippen molar-refractivity contribution >= 4 is 18.0 Å². The van der Waals surface area contributed by atoms with Crippen molar-refractivity contribution in [3.63, 3.8) is 0 Å². The van der Waals surface area contributed by atoms with Crippen LogP contribution in [0.15, 0.2) is 67.1 Å². The van der Waals surface area contributed by atoms with E-state index in [4.69, 9.17) is 5.10 Å². The lowest BCUT2D eigenvalue weighted by Gasteiger charge is -2.01. The molecule has 3 aromatic rings. The van der Waals surface area contributed by atoms with Gasteiger partial charge >= 0.3 is 5.97 Å². The number of hydrogen-bond acceptors (Lipinski definition) is 5. The average Bonchev–Trinajstić information content (AvgIpc) is 3.19. The van der Waals surface area contributed by atoms with Gasteiger partial charge in [-0.15, -0.1) is 0 Å². The number of nitrogens with one attached hydrogen (secondary N) is 1. The first-order chi connectivity index (χ1) is 14.7. The molecule has 7 heteroatoms. The Hall–Kier alpha value is -3.74. The predicted molar refractivity (Wildman–Crippen MR) is 114 cm³/mol. The zero-order chi connectivity index (χ0) is 21.2. The molecular weight excluding hydrogens is 380 g/mol. The summed E-state index contributed by atoms with van der Waals surface area (Å²) in [5.74, 6) is -0.514. The van der Waals surface area contributed by atoms with Gasteiger partial charge in [-0.2, -0.15) is 5.10 Å². The van der Waals surface area contributed by atoms with Crippen LogP contribution in [0.4, 0.5) is 0 Å². The summed E-state index contributed by atoms with van der Waals surface area (Å²) in [6.07, 6.45) is 9.39. The minimum Gasteiger partial charge on any atom is -0.469 e. The molecule has 0 saturated heterocycles. The molecular formula is C23H24N4O3. The molecule has 154 valence electrons. The van der Waals surface area contributed by atoms with Crippen LogP contribution in [0.2, 0.25) is 0 Å². The van der Waals surface area contributed by atoms with E-state index in [0.29, 0.717) is 19.5 Å². The molecule has 0 aliphatic carbocycles. The zero-order valence-corrected chi connectivity index (χ0v) is 16.8. The smallest absolute Gasteiger partial charge is 0.305 e. The Labute approximate surface area is 175 Å². The fourth-order valence-corrected chi connectivity index (χ4v) is 2.91. The second-order valence-electron chi connectivity index (χ2n) is 6.66. The lowest BCUT2D eigenvalue weighted by atomic mass is 10.1. The average molecular weight is 404 g/mol. The van der Waals surface area contributed by atoms with E-state index in [1.54, 1.807) is 18.5 Å². The number of esters is 1. The van der Waals surface area contributed by atoms with Crippen molar-refractivity contribution in [1.29, 1.82) is 0 Å². The first kappa shape index (κ1) is 21.0. The van der Waals surface area contributed by atoms with Crippen molar-refractivity contribution in [2.75, 3.05) is 13.7 Å². The Morgan fingerprint density at radius 3 is 2.73 bits per heavy atom. The van der Waals surface area contributed by atoms with Crippen molar-refractivity contribution in [2.45, 2.75) is 19.4 Å². The van der Waals surface area contributed by atoms with Gasteiger partial charge in [-0.1, -0.05) is 30.3 Å². The summed E-state index contributed by atoms with van der Waals surface area (Å²) >= 11 is 0. The molecule has 0 saturated carbocycles. The van der Waals surface area contributed by atoms with Crippen LogP contribution < -0.4 is 5.32 Å². The molecule has 1 aromatic carbocycles. The van der Waals surface area contributed by atoms with Gasteiger partial charge in [0.05, 0.1) is 13.7 Å². The van der Waals surface area contributed by atoms with Gasteiger partial charge in [-0.25, -0.2) is 0 Å². The highest BCUT2D eigenvalue weighted by atomic mass is 16.5. The van der Waals surface area contributed by atoms with Crippen LogP contribution >= 0.6 is 0 Å². The van der Waals surface area contributed by atoms with Crippen molar-refractivity contribution < 1.29 is 14.3 Å². The summed E-state index contributed by atoms with van der Waals surface area (Å²) in [6, 6.07) is 13.8. The Kier molecular flexibility index (Phi) is 7.49. The van der Waals surface area contributed by atoms with E-state index in [1.807, 2.05) is 53.3 Å². The van der Waals surface area contributed by atoms with Crippen LogP contribution in [0.1, 0.15) is 24.0 Å². The van der Waals surface area contributed by atoms with Gasteiger partial charge in [0.1, 0.15) is 5.69 Å². The zero-order valence-electron chi connectivity index (χ0n) is 16.8. The van der Waals surface area contributed by atoms with Gasteiger partial charge in [-0.05, 0) is 30.2 Å². The Bertz CT molecular complexity index is 998. The highest BCUT2D eigenvalue weighted by molar-refractivity contribution is 5.92. The molecule has 0 aliphatic heterocycles. The highest BCUT2D eigenvalue weighted by Gasteiger charge is 2.10. The van der Waals surface area contributed by atoms with Gasteiger partial charge in [0.25, 0.3) is 0 Å². The van der Waals surface area contributed by atoms with Gasteiger partial charge in [0.2, 0.25) is 5.91 Å². The normalized spacial score (nSPS) is 10.8. The third-order valence-corrected chi connectivity index (χ3v) is 4.41. The first-order valence-electron chi connectivity index (χ1n) is 9.70. The number of benzene rings is 1. The SMILES string of the molecule is COC(=O)CCCNC(=O)/C=C/c1cn(Cc2ccccc2)nc1-c1cccnc1. The summed E-state index contributed by atoms with van der Waals surface area (Å²) in [5.41, 5.74) is 3.59. The molecule has 30 heavy (non-hydrogen) atoms. The van der Waals surface area contributed by atoms with Crippen LogP contribution in [0, 0.1) is 0 Å². The van der Waals surface area contributed by atoms with E-state index in [2.05, 4.69) is 15.0 Å². The molecule has 0 bridgehead atoms. The number of carbonyl (C=O) groups is 2. The fraction of sp³-hybridized carbons (Fsp3) is 0.217. The van der Waals surface area contributed by atoms with E-state index in [1.165, 1.54) is 13.2 Å². The molecule has 0 spiro atoms. The number of rotatable bonds is 9. The monoisotopic (exact) mass is 404 g/mol. The molecule has 0 aliphatic rings. The lowest BCUT2D eigenvalue weighted by Crippen LogP contribution is -2.22. The van der Waals surface area contributed by atoms with Gasteiger partial charge in [-0.3, -0.25) is 19.3 Å². The molecule has 0 radical (unpaired) electrons. The van der Waals surface area contributed by atoms with Gasteiger partial charge in [0.15, 0.2) is 0 Å². The number of carbonyl (C=O) groups excluding carboxylic acids is 2. The third kappa shape index (κ3) is 6.13. The van der Waals surface area contributed by atoms with Gasteiger partial charge < -0.3 is 10.1 Å². The van der Waals surface area contributed by atoms with Crippen molar-refractivity contribution in [2.24, 2.45) is 0 Å². The highest BCUT2D eigenvalue weighted by Crippen LogP contribution is 2.23. The van der Waals surface area contributed by atoms with Crippen molar-refractivity contribution in [3.05, 3.63) is 78.3 Å². The van der Waals surface area contributed by atoms with E-state index in [9.17, 15) is 9.59 Å².